The molecule has 5 nitrogen and oxygen atoms in total. The van der Waals surface area contributed by atoms with Crippen LogP contribution in [0, 0.1) is 18.7 Å². The van der Waals surface area contributed by atoms with E-state index in [9.17, 15) is 9.18 Å². The zero-order valence-corrected chi connectivity index (χ0v) is 13.7. The maximum Gasteiger partial charge on any atom is 0.225 e. The van der Waals surface area contributed by atoms with E-state index in [4.69, 9.17) is 0 Å². The number of piperidine rings is 1. The van der Waals surface area contributed by atoms with Crippen molar-refractivity contribution in [3.63, 3.8) is 0 Å². The Morgan fingerprint density at radius 2 is 2.12 bits per heavy atom. The summed E-state index contributed by atoms with van der Waals surface area (Å²) in [4.78, 5) is 14.5. The van der Waals surface area contributed by atoms with Gasteiger partial charge in [0, 0.05) is 25.2 Å². The van der Waals surface area contributed by atoms with Crippen molar-refractivity contribution in [3.05, 3.63) is 53.5 Å². The van der Waals surface area contributed by atoms with Crippen molar-refractivity contribution in [2.24, 2.45) is 5.92 Å². The Morgan fingerprint density at radius 1 is 1.29 bits per heavy atom. The maximum atomic E-state index is 13.6. The number of hydrogen-bond acceptors (Lipinski definition) is 4. The summed E-state index contributed by atoms with van der Waals surface area (Å²) in [6, 6.07) is 10.3. The first-order valence-electron chi connectivity index (χ1n) is 8.20. The zero-order chi connectivity index (χ0) is 16.9. The standard InChI is InChI=1S/C18H21FN4O/c1-13-8-9-17(22-21-13)23-10-4-6-15(12-23)18(24)20-11-14-5-2-3-7-16(14)19/h2-3,5,7-9,15H,4,6,10-12H2,1H3,(H,20,24). The molecule has 1 amide bonds. The molecule has 3 rings (SSSR count). The van der Waals surface area contributed by atoms with Crippen molar-refractivity contribution in [2.75, 3.05) is 18.0 Å². The van der Waals surface area contributed by atoms with E-state index in [1.165, 1.54) is 6.07 Å². The van der Waals surface area contributed by atoms with E-state index < -0.39 is 0 Å². The molecule has 0 bridgehead atoms. The molecule has 0 saturated carbocycles. The van der Waals surface area contributed by atoms with E-state index >= 15 is 0 Å². The molecule has 1 saturated heterocycles. The molecule has 2 aromatic rings. The number of aryl methyl sites for hydroxylation is 1. The average Bonchev–Trinajstić information content (AvgIpc) is 2.61. The molecule has 24 heavy (non-hydrogen) atoms. The lowest BCUT2D eigenvalue weighted by Gasteiger charge is -2.32. The van der Waals surface area contributed by atoms with Crippen LogP contribution in [-0.2, 0) is 11.3 Å². The number of halogens is 1. The minimum atomic E-state index is -0.294. The van der Waals surface area contributed by atoms with Gasteiger partial charge in [0.25, 0.3) is 0 Å². The van der Waals surface area contributed by atoms with Gasteiger partial charge in [-0.1, -0.05) is 18.2 Å². The number of hydrogen-bond donors (Lipinski definition) is 1. The molecule has 1 unspecified atom stereocenters. The van der Waals surface area contributed by atoms with E-state index in [2.05, 4.69) is 20.4 Å². The Balaban J connectivity index is 1.59. The maximum absolute atomic E-state index is 13.6. The van der Waals surface area contributed by atoms with Gasteiger partial charge in [-0.25, -0.2) is 4.39 Å². The Labute approximate surface area is 140 Å². The number of amides is 1. The van der Waals surface area contributed by atoms with E-state index in [0.29, 0.717) is 12.1 Å². The molecule has 1 aromatic heterocycles. The molecule has 0 spiro atoms. The Hall–Kier alpha value is -2.50. The van der Waals surface area contributed by atoms with Gasteiger partial charge in [-0.3, -0.25) is 4.79 Å². The summed E-state index contributed by atoms with van der Waals surface area (Å²) in [7, 11) is 0. The summed E-state index contributed by atoms with van der Waals surface area (Å²) in [5, 5.41) is 11.1. The van der Waals surface area contributed by atoms with Gasteiger partial charge in [-0.2, -0.15) is 5.10 Å². The van der Waals surface area contributed by atoms with Crippen LogP contribution in [0.4, 0.5) is 10.2 Å². The van der Waals surface area contributed by atoms with Gasteiger partial charge in [0.05, 0.1) is 11.6 Å². The molecule has 6 heteroatoms. The van der Waals surface area contributed by atoms with Crippen LogP contribution in [0.15, 0.2) is 36.4 Å². The summed E-state index contributed by atoms with van der Waals surface area (Å²) in [5.41, 5.74) is 1.37. The van der Waals surface area contributed by atoms with Crippen LogP contribution >= 0.6 is 0 Å². The number of rotatable bonds is 4. The fourth-order valence-corrected chi connectivity index (χ4v) is 2.93. The molecule has 2 heterocycles. The number of carbonyl (C=O) groups excluding carboxylic acids is 1. The van der Waals surface area contributed by atoms with Crippen molar-refractivity contribution in [2.45, 2.75) is 26.3 Å². The average molecular weight is 328 g/mol. The highest BCUT2D eigenvalue weighted by Crippen LogP contribution is 2.21. The van der Waals surface area contributed by atoms with Crippen LogP contribution in [0.3, 0.4) is 0 Å². The Bertz CT molecular complexity index is 704. The lowest BCUT2D eigenvalue weighted by molar-refractivity contribution is -0.125. The fraction of sp³-hybridized carbons (Fsp3) is 0.389. The molecule has 0 aliphatic carbocycles. The van der Waals surface area contributed by atoms with Gasteiger partial charge in [0.2, 0.25) is 5.91 Å². The molecule has 1 aliphatic heterocycles. The summed E-state index contributed by atoms with van der Waals surface area (Å²) in [6.45, 7) is 3.59. The molecule has 1 atom stereocenters. The number of nitrogens with one attached hydrogen (secondary N) is 1. The van der Waals surface area contributed by atoms with Gasteiger partial charge < -0.3 is 10.2 Å². The fourth-order valence-electron chi connectivity index (χ4n) is 2.93. The zero-order valence-electron chi connectivity index (χ0n) is 13.7. The Kier molecular flexibility index (Phi) is 5.03. The van der Waals surface area contributed by atoms with Crippen LogP contribution in [0.1, 0.15) is 24.1 Å². The highest BCUT2D eigenvalue weighted by molar-refractivity contribution is 5.79. The van der Waals surface area contributed by atoms with E-state index in [1.54, 1.807) is 18.2 Å². The topological polar surface area (TPSA) is 58.1 Å². The van der Waals surface area contributed by atoms with Gasteiger partial charge in [-0.05, 0) is 38.0 Å². The predicted octanol–water partition coefficient (Wildman–Crippen LogP) is 2.46. The first-order chi connectivity index (χ1) is 11.6. The normalized spacial score (nSPS) is 17.6. The molecule has 126 valence electrons. The third-order valence-corrected chi connectivity index (χ3v) is 4.31. The highest BCUT2D eigenvalue weighted by atomic mass is 19.1. The first kappa shape index (κ1) is 16.4. The van der Waals surface area contributed by atoms with E-state index in [-0.39, 0.29) is 24.2 Å². The smallest absolute Gasteiger partial charge is 0.225 e. The second kappa shape index (κ2) is 7.38. The monoisotopic (exact) mass is 328 g/mol. The van der Waals surface area contributed by atoms with E-state index in [0.717, 1.165) is 30.9 Å². The largest absolute Gasteiger partial charge is 0.354 e. The lowest BCUT2D eigenvalue weighted by atomic mass is 9.97. The summed E-state index contributed by atoms with van der Waals surface area (Å²) >= 11 is 0. The molecule has 1 N–H and O–H groups in total. The lowest BCUT2D eigenvalue weighted by Crippen LogP contribution is -2.43. The molecule has 0 radical (unpaired) electrons. The Morgan fingerprint density at radius 3 is 2.88 bits per heavy atom. The molecule has 1 aromatic carbocycles. The number of benzene rings is 1. The number of carbonyl (C=O) groups is 1. The van der Waals surface area contributed by atoms with Gasteiger partial charge in [-0.15, -0.1) is 5.10 Å². The van der Waals surface area contributed by atoms with Crippen molar-refractivity contribution < 1.29 is 9.18 Å². The van der Waals surface area contributed by atoms with Crippen LogP contribution in [0.2, 0.25) is 0 Å². The van der Waals surface area contributed by atoms with Crippen LogP contribution in [-0.4, -0.2) is 29.2 Å². The van der Waals surface area contributed by atoms with Crippen LogP contribution in [0.5, 0.6) is 0 Å². The van der Waals surface area contributed by atoms with Crippen molar-refractivity contribution >= 4 is 11.7 Å². The third kappa shape index (κ3) is 3.88. The second-order valence-corrected chi connectivity index (χ2v) is 6.13. The quantitative estimate of drug-likeness (QED) is 0.937. The van der Waals surface area contributed by atoms with E-state index in [1.807, 2.05) is 19.1 Å². The highest BCUT2D eigenvalue weighted by Gasteiger charge is 2.26. The number of anilines is 1. The molecular formula is C18H21FN4O. The summed E-state index contributed by atoms with van der Waals surface area (Å²) in [5.74, 6) is 0.349. The first-order valence-corrected chi connectivity index (χ1v) is 8.20. The molecular weight excluding hydrogens is 307 g/mol. The number of aromatic nitrogens is 2. The van der Waals surface area contributed by atoms with Crippen molar-refractivity contribution in [1.29, 1.82) is 0 Å². The van der Waals surface area contributed by atoms with Gasteiger partial charge in [0.1, 0.15) is 5.82 Å². The summed E-state index contributed by atoms with van der Waals surface area (Å²) in [6.07, 6.45) is 1.76. The molecule has 1 aliphatic rings. The second-order valence-electron chi connectivity index (χ2n) is 6.13. The predicted molar refractivity (Wildman–Crippen MR) is 90.0 cm³/mol. The van der Waals surface area contributed by atoms with Crippen LogP contribution in [0.25, 0.3) is 0 Å². The van der Waals surface area contributed by atoms with Crippen LogP contribution < -0.4 is 10.2 Å². The minimum Gasteiger partial charge on any atom is -0.354 e. The van der Waals surface area contributed by atoms with Gasteiger partial charge in [0.15, 0.2) is 5.82 Å². The summed E-state index contributed by atoms with van der Waals surface area (Å²) < 4.78 is 13.6. The SMILES string of the molecule is Cc1ccc(N2CCCC(C(=O)NCc3ccccc3F)C2)nn1. The number of nitrogens with zero attached hydrogens (tertiary/aromatic N) is 3. The molecule has 1 fully saturated rings. The van der Waals surface area contributed by atoms with Gasteiger partial charge >= 0.3 is 0 Å². The van der Waals surface area contributed by atoms with Crippen molar-refractivity contribution in [1.82, 2.24) is 15.5 Å². The minimum absolute atomic E-state index is 0.0389. The third-order valence-electron chi connectivity index (χ3n) is 4.31. The van der Waals surface area contributed by atoms with Crippen molar-refractivity contribution in [3.8, 4) is 0 Å².